The van der Waals surface area contributed by atoms with Crippen LogP contribution in [-0.4, -0.2) is 36.2 Å². The van der Waals surface area contributed by atoms with Crippen molar-refractivity contribution in [2.24, 2.45) is 0 Å². The van der Waals surface area contributed by atoms with Gasteiger partial charge in [-0.2, -0.15) is 0 Å². The fourth-order valence-electron chi connectivity index (χ4n) is 3.10. The first-order chi connectivity index (χ1) is 12.4. The zero-order valence-corrected chi connectivity index (χ0v) is 15.7. The number of hydrogen-bond acceptors (Lipinski definition) is 7. The van der Waals surface area contributed by atoms with E-state index in [-0.39, 0.29) is 23.7 Å². The number of benzene rings is 1. The lowest BCUT2D eigenvalue weighted by Gasteiger charge is -2.26. The maximum absolute atomic E-state index is 12.8. The molecule has 1 aromatic heterocycles. The third-order valence-corrected chi connectivity index (χ3v) is 4.81. The van der Waals surface area contributed by atoms with Crippen LogP contribution < -0.4 is 25.1 Å². The number of anilines is 1. The summed E-state index contributed by atoms with van der Waals surface area (Å²) < 4.78 is 17.3. The van der Waals surface area contributed by atoms with Crippen molar-refractivity contribution in [3.8, 4) is 17.2 Å². The second-order valence-electron chi connectivity index (χ2n) is 5.80. The van der Waals surface area contributed by atoms with Crippen molar-refractivity contribution < 1.29 is 19.0 Å². The van der Waals surface area contributed by atoms with Crippen molar-refractivity contribution in [3.63, 3.8) is 0 Å². The van der Waals surface area contributed by atoms with E-state index in [1.165, 1.54) is 25.3 Å². The summed E-state index contributed by atoms with van der Waals surface area (Å²) >= 11 is 4.19. The molecule has 0 fully saturated rings. The second kappa shape index (κ2) is 6.91. The van der Waals surface area contributed by atoms with Gasteiger partial charge in [0.1, 0.15) is 11.6 Å². The Bertz CT molecular complexity index is 916. The summed E-state index contributed by atoms with van der Waals surface area (Å²) in [5.74, 6) is 1.25. The van der Waals surface area contributed by atoms with E-state index in [9.17, 15) is 9.59 Å². The van der Waals surface area contributed by atoms with Crippen molar-refractivity contribution in [2.45, 2.75) is 19.3 Å². The average molecular weight is 377 g/mol. The van der Waals surface area contributed by atoms with Crippen LogP contribution in [0, 0.1) is 6.92 Å². The van der Waals surface area contributed by atoms with Crippen LogP contribution in [0.25, 0.3) is 0 Å². The van der Waals surface area contributed by atoms with E-state index in [0.29, 0.717) is 34.2 Å². The second-order valence-corrected chi connectivity index (χ2v) is 6.20. The fourth-order valence-corrected chi connectivity index (χ4v) is 3.25. The molecule has 9 heteroatoms. The number of aromatic nitrogens is 2. The SMILES string of the molecule is COc1cc(C2CC(=O)Nc3nc(C)n(S)c(=O)c32)cc(OC)c1OC. The molecule has 2 aromatic rings. The quantitative estimate of drug-likeness (QED) is 0.789. The topological polar surface area (TPSA) is 91.7 Å². The monoisotopic (exact) mass is 377 g/mol. The molecule has 0 spiro atoms. The Morgan fingerprint density at radius 2 is 1.77 bits per heavy atom. The Balaban J connectivity index is 2.25. The third kappa shape index (κ3) is 2.88. The van der Waals surface area contributed by atoms with Gasteiger partial charge in [0.05, 0.1) is 26.9 Å². The highest BCUT2D eigenvalue weighted by molar-refractivity contribution is 7.78. The van der Waals surface area contributed by atoms with Gasteiger partial charge in [-0.3, -0.25) is 9.59 Å². The molecule has 1 aliphatic heterocycles. The maximum atomic E-state index is 12.8. The molecule has 1 amide bonds. The van der Waals surface area contributed by atoms with Gasteiger partial charge >= 0.3 is 0 Å². The van der Waals surface area contributed by atoms with Crippen LogP contribution in [0.5, 0.6) is 17.2 Å². The molecule has 0 radical (unpaired) electrons. The Hall–Kier alpha value is -2.68. The van der Waals surface area contributed by atoms with Gasteiger partial charge in [-0.1, -0.05) is 12.8 Å². The van der Waals surface area contributed by atoms with Crippen molar-refractivity contribution in [2.75, 3.05) is 26.6 Å². The summed E-state index contributed by atoms with van der Waals surface area (Å²) in [6.07, 6.45) is 0.0966. The number of hydrogen-bond donors (Lipinski definition) is 2. The molecule has 1 N–H and O–H groups in total. The van der Waals surface area contributed by atoms with Gasteiger partial charge < -0.3 is 19.5 Å². The standard InChI is InChI=1S/C17H19N3O5S/c1-8-18-16-14(17(22)20(8)26)10(7-13(21)19-16)9-5-11(23-2)15(25-4)12(6-9)24-3/h5-6,10,26H,7H2,1-4H3,(H,19,21). The minimum atomic E-state index is -0.508. The van der Waals surface area contributed by atoms with E-state index in [0.717, 1.165) is 0 Å². The van der Waals surface area contributed by atoms with Gasteiger partial charge in [-0.15, -0.1) is 0 Å². The van der Waals surface area contributed by atoms with Crippen LogP contribution >= 0.6 is 12.8 Å². The molecule has 0 bridgehead atoms. The minimum absolute atomic E-state index is 0.0966. The number of fused-ring (bicyclic) bond motifs is 1. The lowest BCUT2D eigenvalue weighted by Crippen LogP contribution is -2.33. The highest BCUT2D eigenvalue weighted by Gasteiger charge is 2.33. The minimum Gasteiger partial charge on any atom is -0.493 e. The molecule has 138 valence electrons. The molecule has 1 aliphatic rings. The first-order valence-electron chi connectivity index (χ1n) is 7.83. The van der Waals surface area contributed by atoms with E-state index >= 15 is 0 Å². The van der Waals surface area contributed by atoms with Gasteiger partial charge in [0.15, 0.2) is 11.5 Å². The number of rotatable bonds is 4. The molecule has 26 heavy (non-hydrogen) atoms. The molecule has 0 saturated heterocycles. The summed E-state index contributed by atoms with van der Waals surface area (Å²) in [5.41, 5.74) is 0.737. The van der Waals surface area contributed by atoms with Crippen molar-refractivity contribution in [1.82, 2.24) is 8.96 Å². The lowest BCUT2D eigenvalue weighted by atomic mass is 9.86. The van der Waals surface area contributed by atoms with E-state index in [1.807, 2.05) is 0 Å². The molecule has 1 atom stereocenters. The van der Waals surface area contributed by atoms with E-state index in [4.69, 9.17) is 14.2 Å². The number of amides is 1. The van der Waals surface area contributed by atoms with E-state index in [1.54, 1.807) is 19.1 Å². The Morgan fingerprint density at radius 1 is 1.15 bits per heavy atom. The normalized spacial score (nSPS) is 15.9. The van der Waals surface area contributed by atoms with Gasteiger partial charge in [0, 0.05) is 12.3 Å². The zero-order chi connectivity index (χ0) is 19.0. The predicted molar refractivity (Wildman–Crippen MR) is 98.8 cm³/mol. The summed E-state index contributed by atoms with van der Waals surface area (Å²) in [5, 5.41) is 2.66. The van der Waals surface area contributed by atoms with Crippen molar-refractivity contribution in [3.05, 3.63) is 39.4 Å². The molecular weight excluding hydrogens is 358 g/mol. The fraction of sp³-hybridized carbons (Fsp3) is 0.353. The highest BCUT2D eigenvalue weighted by Crippen LogP contribution is 2.43. The van der Waals surface area contributed by atoms with Crippen LogP contribution in [-0.2, 0) is 4.79 Å². The highest BCUT2D eigenvalue weighted by atomic mass is 32.1. The molecule has 8 nitrogen and oxygen atoms in total. The number of thiol groups is 1. The first-order valence-corrected chi connectivity index (χ1v) is 8.23. The van der Waals surface area contributed by atoms with Crippen molar-refractivity contribution >= 4 is 24.5 Å². The number of carbonyl (C=O) groups excluding carboxylic acids is 1. The summed E-state index contributed by atoms with van der Waals surface area (Å²) in [6.45, 7) is 1.64. The molecule has 0 saturated carbocycles. The third-order valence-electron chi connectivity index (χ3n) is 4.34. The van der Waals surface area contributed by atoms with E-state index < -0.39 is 5.92 Å². The molecule has 0 aliphatic carbocycles. The van der Waals surface area contributed by atoms with Gasteiger partial charge in [-0.05, 0) is 24.6 Å². The Kier molecular flexibility index (Phi) is 4.82. The Labute approximate surface area is 155 Å². The Morgan fingerprint density at radius 3 is 2.31 bits per heavy atom. The zero-order valence-electron chi connectivity index (χ0n) is 14.8. The maximum Gasteiger partial charge on any atom is 0.269 e. The van der Waals surface area contributed by atoms with Gasteiger partial charge in [-0.25, -0.2) is 8.96 Å². The number of nitrogens with zero attached hydrogens (tertiary/aromatic N) is 2. The van der Waals surface area contributed by atoms with Gasteiger partial charge in [0.25, 0.3) is 5.56 Å². The van der Waals surface area contributed by atoms with Crippen LogP contribution in [0.3, 0.4) is 0 Å². The number of nitrogens with one attached hydrogen (secondary N) is 1. The summed E-state index contributed by atoms with van der Waals surface area (Å²) in [7, 11) is 4.53. The molecule has 2 heterocycles. The lowest BCUT2D eigenvalue weighted by molar-refractivity contribution is -0.116. The molecule has 1 aromatic carbocycles. The molecule has 1 unspecified atom stereocenters. The number of carbonyl (C=O) groups is 1. The summed E-state index contributed by atoms with van der Waals surface area (Å²) in [4.78, 5) is 29.2. The average Bonchev–Trinajstić information content (AvgIpc) is 2.63. The number of aryl methyl sites for hydroxylation is 1. The van der Waals surface area contributed by atoms with Crippen LogP contribution in [0.1, 0.15) is 29.3 Å². The van der Waals surface area contributed by atoms with Crippen LogP contribution in [0.15, 0.2) is 16.9 Å². The smallest absolute Gasteiger partial charge is 0.269 e. The van der Waals surface area contributed by atoms with Gasteiger partial charge in [0.2, 0.25) is 11.7 Å². The molecule has 3 rings (SSSR count). The number of ether oxygens (including phenoxy) is 3. The van der Waals surface area contributed by atoms with Crippen LogP contribution in [0.4, 0.5) is 5.82 Å². The largest absolute Gasteiger partial charge is 0.493 e. The number of methoxy groups -OCH3 is 3. The van der Waals surface area contributed by atoms with Crippen LogP contribution in [0.2, 0.25) is 0 Å². The van der Waals surface area contributed by atoms with E-state index in [2.05, 4.69) is 23.1 Å². The predicted octanol–water partition coefficient (Wildman–Crippen LogP) is 1.74. The molecular formula is C17H19N3O5S. The first kappa shape index (κ1) is 18.1. The van der Waals surface area contributed by atoms with Crippen molar-refractivity contribution in [1.29, 1.82) is 0 Å². The summed E-state index contributed by atoms with van der Waals surface area (Å²) in [6, 6.07) is 3.47.